The SMILES string of the molecule is CN(CC1CCCCCC1=O)CC(C)(C)C. The minimum absolute atomic E-state index is 0.301. The predicted molar refractivity (Wildman–Crippen MR) is 68.5 cm³/mol. The lowest BCUT2D eigenvalue weighted by atomic mass is 9.94. The van der Waals surface area contributed by atoms with Crippen molar-refractivity contribution < 1.29 is 4.79 Å². The highest BCUT2D eigenvalue weighted by Gasteiger charge is 2.23. The van der Waals surface area contributed by atoms with Gasteiger partial charge >= 0.3 is 0 Å². The van der Waals surface area contributed by atoms with Crippen LogP contribution in [0.3, 0.4) is 0 Å². The van der Waals surface area contributed by atoms with Gasteiger partial charge in [-0.1, -0.05) is 33.6 Å². The molecule has 0 amide bonds. The minimum atomic E-state index is 0.301. The smallest absolute Gasteiger partial charge is 0.137 e. The molecule has 0 heterocycles. The fourth-order valence-corrected chi connectivity index (χ4v) is 2.68. The molecule has 16 heavy (non-hydrogen) atoms. The Balaban J connectivity index is 2.42. The molecule has 0 aliphatic heterocycles. The number of Topliss-reactive ketones (excluding diaryl/α,β-unsaturated/α-hetero) is 1. The van der Waals surface area contributed by atoms with Crippen LogP contribution in [0, 0.1) is 11.3 Å². The van der Waals surface area contributed by atoms with Crippen LogP contribution in [0.4, 0.5) is 0 Å². The van der Waals surface area contributed by atoms with Gasteiger partial charge in [-0.25, -0.2) is 0 Å². The van der Waals surface area contributed by atoms with Crippen molar-refractivity contribution in [3.63, 3.8) is 0 Å². The molecule has 2 nitrogen and oxygen atoms in total. The van der Waals surface area contributed by atoms with E-state index in [1.165, 1.54) is 12.8 Å². The summed E-state index contributed by atoms with van der Waals surface area (Å²) in [7, 11) is 2.14. The maximum Gasteiger partial charge on any atom is 0.137 e. The third kappa shape index (κ3) is 5.11. The summed E-state index contributed by atoms with van der Waals surface area (Å²) < 4.78 is 0. The highest BCUT2D eigenvalue weighted by Crippen LogP contribution is 2.22. The molecule has 0 aromatic rings. The molecule has 0 saturated heterocycles. The fraction of sp³-hybridized carbons (Fsp3) is 0.929. The Morgan fingerprint density at radius 3 is 2.56 bits per heavy atom. The van der Waals surface area contributed by atoms with Crippen LogP contribution in [0.25, 0.3) is 0 Å². The fourth-order valence-electron chi connectivity index (χ4n) is 2.68. The number of carbonyl (C=O) groups excluding carboxylic acids is 1. The molecule has 1 atom stereocenters. The summed E-state index contributed by atoms with van der Waals surface area (Å²) in [5, 5.41) is 0. The molecular formula is C14H27NO. The van der Waals surface area contributed by atoms with Crippen molar-refractivity contribution in [2.75, 3.05) is 20.1 Å². The van der Waals surface area contributed by atoms with Gasteiger partial charge in [-0.3, -0.25) is 4.79 Å². The summed E-state index contributed by atoms with van der Waals surface area (Å²) in [5.74, 6) is 0.799. The molecule has 94 valence electrons. The molecule has 2 heteroatoms. The van der Waals surface area contributed by atoms with E-state index in [-0.39, 0.29) is 0 Å². The summed E-state index contributed by atoms with van der Waals surface area (Å²) >= 11 is 0. The highest BCUT2D eigenvalue weighted by atomic mass is 16.1. The number of carbonyl (C=O) groups is 1. The van der Waals surface area contributed by atoms with Crippen molar-refractivity contribution in [3.8, 4) is 0 Å². The van der Waals surface area contributed by atoms with E-state index < -0.39 is 0 Å². The standard InChI is InChI=1S/C14H27NO/c1-14(2,3)11-15(4)10-12-8-6-5-7-9-13(12)16/h12H,5-11H2,1-4H3. The Labute approximate surface area is 100 Å². The van der Waals surface area contributed by atoms with E-state index in [9.17, 15) is 4.79 Å². The van der Waals surface area contributed by atoms with Crippen molar-refractivity contribution in [1.82, 2.24) is 4.90 Å². The van der Waals surface area contributed by atoms with Crippen LogP contribution in [0.2, 0.25) is 0 Å². The Hall–Kier alpha value is -0.370. The first-order valence-electron chi connectivity index (χ1n) is 6.60. The van der Waals surface area contributed by atoms with E-state index in [0.717, 1.165) is 32.4 Å². The average Bonchev–Trinajstić information content (AvgIpc) is 2.29. The van der Waals surface area contributed by atoms with Crippen LogP contribution < -0.4 is 0 Å². The molecule has 1 saturated carbocycles. The van der Waals surface area contributed by atoms with Gasteiger partial charge in [0.05, 0.1) is 0 Å². The molecular weight excluding hydrogens is 198 g/mol. The summed E-state index contributed by atoms with van der Waals surface area (Å²) in [6.07, 6.45) is 5.50. The van der Waals surface area contributed by atoms with E-state index >= 15 is 0 Å². The van der Waals surface area contributed by atoms with Gasteiger partial charge in [0, 0.05) is 25.4 Å². The zero-order valence-corrected chi connectivity index (χ0v) is 11.4. The number of ketones is 1. The first-order chi connectivity index (χ1) is 7.38. The topological polar surface area (TPSA) is 20.3 Å². The molecule has 1 unspecified atom stereocenters. The first kappa shape index (κ1) is 13.7. The number of nitrogens with zero attached hydrogens (tertiary/aromatic N) is 1. The molecule has 0 radical (unpaired) electrons. The monoisotopic (exact) mass is 225 g/mol. The first-order valence-corrected chi connectivity index (χ1v) is 6.60. The number of hydrogen-bond donors (Lipinski definition) is 0. The van der Waals surface area contributed by atoms with Gasteiger partial charge in [0.25, 0.3) is 0 Å². The Bertz CT molecular complexity index is 229. The van der Waals surface area contributed by atoms with Gasteiger partial charge in [-0.15, -0.1) is 0 Å². The van der Waals surface area contributed by atoms with Crippen molar-refractivity contribution >= 4 is 5.78 Å². The summed E-state index contributed by atoms with van der Waals surface area (Å²) in [5.41, 5.74) is 0.322. The Morgan fingerprint density at radius 1 is 1.25 bits per heavy atom. The molecule has 1 fully saturated rings. The maximum absolute atomic E-state index is 11.9. The van der Waals surface area contributed by atoms with Gasteiger partial charge in [-0.2, -0.15) is 0 Å². The Morgan fingerprint density at radius 2 is 1.94 bits per heavy atom. The Kier molecular flexibility index (Phi) is 4.97. The van der Waals surface area contributed by atoms with E-state index in [1.54, 1.807) is 0 Å². The van der Waals surface area contributed by atoms with E-state index in [1.807, 2.05) is 0 Å². The summed E-state index contributed by atoms with van der Waals surface area (Å²) in [6, 6.07) is 0. The van der Waals surface area contributed by atoms with Gasteiger partial charge in [0.15, 0.2) is 0 Å². The maximum atomic E-state index is 11.9. The second-order valence-electron chi connectivity index (χ2n) is 6.52. The third-order valence-corrected chi connectivity index (χ3v) is 3.21. The summed E-state index contributed by atoms with van der Waals surface area (Å²) in [6.45, 7) is 8.77. The van der Waals surface area contributed by atoms with E-state index in [0.29, 0.717) is 17.1 Å². The van der Waals surface area contributed by atoms with Crippen LogP contribution >= 0.6 is 0 Å². The van der Waals surface area contributed by atoms with Crippen molar-refractivity contribution in [3.05, 3.63) is 0 Å². The number of rotatable bonds is 3. The predicted octanol–water partition coefficient (Wildman–Crippen LogP) is 3.11. The molecule has 0 aromatic carbocycles. The quantitative estimate of drug-likeness (QED) is 0.688. The lowest BCUT2D eigenvalue weighted by Crippen LogP contribution is -2.35. The second-order valence-corrected chi connectivity index (χ2v) is 6.52. The van der Waals surface area contributed by atoms with Crippen molar-refractivity contribution in [2.45, 2.75) is 52.9 Å². The molecule has 1 rings (SSSR count). The zero-order chi connectivity index (χ0) is 12.2. The van der Waals surface area contributed by atoms with Crippen LogP contribution in [0.5, 0.6) is 0 Å². The third-order valence-electron chi connectivity index (χ3n) is 3.21. The van der Waals surface area contributed by atoms with E-state index in [4.69, 9.17) is 0 Å². The zero-order valence-electron chi connectivity index (χ0n) is 11.4. The van der Waals surface area contributed by atoms with Crippen LogP contribution in [0.15, 0.2) is 0 Å². The second kappa shape index (κ2) is 5.81. The van der Waals surface area contributed by atoms with Gasteiger partial charge < -0.3 is 4.90 Å². The van der Waals surface area contributed by atoms with Gasteiger partial charge in [0.1, 0.15) is 5.78 Å². The lowest BCUT2D eigenvalue weighted by Gasteiger charge is -2.29. The minimum Gasteiger partial charge on any atom is -0.305 e. The van der Waals surface area contributed by atoms with Crippen molar-refractivity contribution in [1.29, 1.82) is 0 Å². The van der Waals surface area contributed by atoms with Crippen LogP contribution in [0.1, 0.15) is 52.9 Å². The highest BCUT2D eigenvalue weighted by molar-refractivity contribution is 5.81. The lowest BCUT2D eigenvalue weighted by molar-refractivity contribution is -0.123. The van der Waals surface area contributed by atoms with Gasteiger partial charge in [-0.05, 0) is 25.3 Å². The van der Waals surface area contributed by atoms with Crippen molar-refractivity contribution in [2.24, 2.45) is 11.3 Å². The van der Waals surface area contributed by atoms with Crippen LogP contribution in [-0.4, -0.2) is 30.8 Å². The molecule has 1 aliphatic rings. The molecule has 0 aromatic heterocycles. The molecule has 1 aliphatic carbocycles. The van der Waals surface area contributed by atoms with Crippen LogP contribution in [-0.2, 0) is 4.79 Å². The van der Waals surface area contributed by atoms with E-state index in [2.05, 4.69) is 32.7 Å². The average molecular weight is 225 g/mol. The molecule has 0 N–H and O–H groups in total. The van der Waals surface area contributed by atoms with Gasteiger partial charge in [0.2, 0.25) is 0 Å². The number of hydrogen-bond acceptors (Lipinski definition) is 2. The summed E-state index contributed by atoms with van der Waals surface area (Å²) in [4.78, 5) is 14.2. The molecule has 0 bridgehead atoms. The largest absolute Gasteiger partial charge is 0.305 e. The molecule has 0 spiro atoms. The normalized spacial score (nSPS) is 23.6.